The molecule has 5 nitrogen and oxygen atoms in total. The van der Waals surface area contributed by atoms with Gasteiger partial charge in [-0.3, -0.25) is 9.78 Å². The van der Waals surface area contributed by atoms with E-state index in [2.05, 4.69) is 10.3 Å². The van der Waals surface area contributed by atoms with E-state index >= 15 is 0 Å². The largest absolute Gasteiger partial charge is 0.381 e. The minimum Gasteiger partial charge on any atom is -0.381 e. The van der Waals surface area contributed by atoms with E-state index in [-0.39, 0.29) is 24.7 Å². The van der Waals surface area contributed by atoms with Gasteiger partial charge in [-0.1, -0.05) is 24.3 Å². The monoisotopic (exact) mass is 404 g/mol. The maximum absolute atomic E-state index is 13.4. The van der Waals surface area contributed by atoms with Crippen LogP contribution < -0.4 is 5.32 Å². The number of hydrogen-bond acceptors (Lipinski definition) is 4. The molecule has 156 valence electrons. The number of aromatic nitrogens is 1. The van der Waals surface area contributed by atoms with Crippen LogP contribution in [0.15, 0.2) is 42.6 Å². The summed E-state index contributed by atoms with van der Waals surface area (Å²) in [4.78, 5) is 16.4. The highest BCUT2D eigenvalue weighted by Crippen LogP contribution is 2.27. The third-order valence-electron chi connectivity index (χ3n) is 4.92. The molecule has 1 aliphatic rings. The molecule has 0 aliphatic carbocycles. The first-order valence-corrected chi connectivity index (χ1v) is 9.77. The van der Waals surface area contributed by atoms with E-state index in [0.29, 0.717) is 23.7 Å². The van der Waals surface area contributed by atoms with Gasteiger partial charge in [0.15, 0.2) is 0 Å². The second-order valence-electron chi connectivity index (χ2n) is 7.40. The van der Waals surface area contributed by atoms with Gasteiger partial charge in [-0.05, 0) is 42.0 Å². The van der Waals surface area contributed by atoms with E-state index in [9.17, 15) is 13.6 Å². The predicted octanol–water partition coefficient (Wildman–Crippen LogP) is 4.07. The van der Waals surface area contributed by atoms with Crippen LogP contribution in [0.1, 0.15) is 46.9 Å². The lowest BCUT2D eigenvalue weighted by Crippen LogP contribution is -2.32. The molecule has 7 heteroatoms. The zero-order chi connectivity index (χ0) is 20.7. The minimum absolute atomic E-state index is 0.0311. The first kappa shape index (κ1) is 21.3. The summed E-state index contributed by atoms with van der Waals surface area (Å²) in [6.07, 6.45) is 3.52. The standard InChI is InChI=1S/C22H26F2N2O3/c1-22(23,24)19-4-2-3-17(11-19)14-29-15-18-5-6-20(25-13-18)21(27)26-12-16-7-9-28-10-8-16/h2-6,11,13,16H,7-10,12,14-15H2,1H3,(H,26,27). The van der Waals surface area contributed by atoms with Crippen molar-refractivity contribution >= 4 is 5.91 Å². The van der Waals surface area contributed by atoms with Gasteiger partial charge in [0.1, 0.15) is 5.69 Å². The van der Waals surface area contributed by atoms with E-state index in [1.54, 1.807) is 30.5 Å². The number of hydrogen-bond donors (Lipinski definition) is 1. The number of ether oxygens (including phenoxy) is 2. The molecule has 0 radical (unpaired) electrons. The molecule has 0 unspecified atom stereocenters. The molecular formula is C22H26F2N2O3. The topological polar surface area (TPSA) is 60.5 Å². The van der Waals surface area contributed by atoms with E-state index < -0.39 is 5.92 Å². The van der Waals surface area contributed by atoms with Gasteiger partial charge in [0.25, 0.3) is 11.8 Å². The molecule has 1 aromatic carbocycles. The number of carbonyl (C=O) groups excluding carboxylic acids is 1. The van der Waals surface area contributed by atoms with Crippen LogP contribution in [-0.2, 0) is 28.6 Å². The lowest BCUT2D eigenvalue weighted by atomic mass is 10.0. The highest BCUT2D eigenvalue weighted by atomic mass is 19.3. The fourth-order valence-corrected chi connectivity index (χ4v) is 3.14. The van der Waals surface area contributed by atoms with Crippen LogP contribution in [0, 0.1) is 5.92 Å². The van der Waals surface area contributed by atoms with Crippen molar-refractivity contribution in [3.05, 3.63) is 65.0 Å². The first-order chi connectivity index (χ1) is 13.9. The predicted molar refractivity (Wildman–Crippen MR) is 105 cm³/mol. The average Bonchev–Trinajstić information content (AvgIpc) is 2.73. The van der Waals surface area contributed by atoms with Crippen molar-refractivity contribution in [3.8, 4) is 0 Å². The second-order valence-corrected chi connectivity index (χ2v) is 7.40. The summed E-state index contributed by atoms with van der Waals surface area (Å²) in [5.41, 5.74) is 1.82. The van der Waals surface area contributed by atoms with Gasteiger partial charge in [0.2, 0.25) is 0 Å². The molecular weight excluding hydrogens is 378 g/mol. The zero-order valence-electron chi connectivity index (χ0n) is 16.5. The van der Waals surface area contributed by atoms with Crippen molar-refractivity contribution in [1.29, 1.82) is 0 Å². The molecule has 0 bridgehead atoms. The van der Waals surface area contributed by atoms with Crippen LogP contribution in [0.25, 0.3) is 0 Å². The van der Waals surface area contributed by atoms with Gasteiger partial charge in [-0.15, -0.1) is 0 Å². The Bertz CT molecular complexity index is 800. The number of rotatable bonds is 8. The number of alkyl halides is 2. The van der Waals surface area contributed by atoms with Crippen LogP contribution >= 0.6 is 0 Å². The van der Waals surface area contributed by atoms with Crippen LogP contribution in [0.3, 0.4) is 0 Å². The number of pyridine rings is 1. The van der Waals surface area contributed by atoms with Gasteiger partial charge >= 0.3 is 0 Å². The molecule has 0 spiro atoms. The number of carbonyl (C=O) groups is 1. The van der Waals surface area contributed by atoms with Crippen molar-refractivity contribution in [2.75, 3.05) is 19.8 Å². The molecule has 0 saturated carbocycles. The maximum atomic E-state index is 13.4. The minimum atomic E-state index is -2.87. The van der Waals surface area contributed by atoms with E-state index in [1.807, 2.05) is 0 Å². The third-order valence-corrected chi connectivity index (χ3v) is 4.92. The molecule has 29 heavy (non-hydrogen) atoms. The van der Waals surface area contributed by atoms with Crippen LogP contribution in [0.2, 0.25) is 0 Å². The molecule has 1 aliphatic heterocycles. The van der Waals surface area contributed by atoms with E-state index in [4.69, 9.17) is 9.47 Å². The van der Waals surface area contributed by atoms with Gasteiger partial charge < -0.3 is 14.8 Å². The van der Waals surface area contributed by atoms with Gasteiger partial charge in [-0.25, -0.2) is 8.78 Å². The van der Waals surface area contributed by atoms with Gasteiger partial charge in [0, 0.05) is 38.4 Å². The van der Waals surface area contributed by atoms with Crippen LogP contribution in [0.4, 0.5) is 8.78 Å². The molecule has 1 amide bonds. The Kier molecular flexibility index (Phi) is 7.28. The van der Waals surface area contributed by atoms with Crippen molar-refractivity contribution in [2.24, 2.45) is 5.92 Å². The number of nitrogens with one attached hydrogen (secondary N) is 1. The third kappa shape index (κ3) is 6.58. The fraction of sp³-hybridized carbons (Fsp3) is 0.455. The maximum Gasteiger partial charge on any atom is 0.270 e. The summed E-state index contributed by atoms with van der Waals surface area (Å²) < 4.78 is 37.7. The Morgan fingerprint density at radius 3 is 2.66 bits per heavy atom. The molecule has 3 rings (SSSR count). The van der Waals surface area contributed by atoms with E-state index in [1.165, 1.54) is 12.1 Å². The number of benzene rings is 1. The number of nitrogens with zero attached hydrogens (tertiary/aromatic N) is 1. The van der Waals surface area contributed by atoms with Crippen molar-refractivity contribution in [1.82, 2.24) is 10.3 Å². The molecule has 2 heterocycles. The lowest BCUT2D eigenvalue weighted by molar-refractivity contribution is 0.0171. The number of halogens is 2. The fourth-order valence-electron chi connectivity index (χ4n) is 3.14. The summed E-state index contributed by atoms with van der Waals surface area (Å²) in [5.74, 6) is -2.62. The summed E-state index contributed by atoms with van der Waals surface area (Å²) in [6.45, 7) is 3.50. The van der Waals surface area contributed by atoms with E-state index in [0.717, 1.165) is 38.5 Å². The molecule has 1 saturated heterocycles. The second kappa shape index (κ2) is 9.89. The highest BCUT2D eigenvalue weighted by Gasteiger charge is 2.24. The average molecular weight is 404 g/mol. The summed E-state index contributed by atoms with van der Waals surface area (Å²) in [6, 6.07) is 9.65. The van der Waals surface area contributed by atoms with Crippen molar-refractivity contribution < 1.29 is 23.0 Å². The smallest absolute Gasteiger partial charge is 0.270 e. The van der Waals surface area contributed by atoms with Crippen molar-refractivity contribution in [3.63, 3.8) is 0 Å². The lowest BCUT2D eigenvalue weighted by Gasteiger charge is -2.22. The number of amides is 1. The van der Waals surface area contributed by atoms with Gasteiger partial charge in [0.05, 0.1) is 13.2 Å². The van der Waals surface area contributed by atoms with Crippen LogP contribution in [-0.4, -0.2) is 30.6 Å². The summed E-state index contributed by atoms with van der Waals surface area (Å²) in [5, 5.41) is 2.92. The Labute approximate surface area is 169 Å². The normalized spacial score (nSPS) is 15.3. The molecule has 1 N–H and O–H groups in total. The summed E-state index contributed by atoms with van der Waals surface area (Å²) in [7, 11) is 0. The van der Waals surface area contributed by atoms with Gasteiger partial charge in [-0.2, -0.15) is 0 Å². The molecule has 0 atom stereocenters. The first-order valence-electron chi connectivity index (χ1n) is 9.77. The zero-order valence-corrected chi connectivity index (χ0v) is 16.5. The Hall–Kier alpha value is -2.38. The highest BCUT2D eigenvalue weighted by molar-refractivity contribution is 5.92. The quantitative estimate of drug-likeness (QED) is 0.721. The molecule has 2 aromatic rings. The molecule has 1 fully saturated rings. The van der Waals surface area contributed by atoms with Crippen LogP contribution in [0.5, 0.6) is 0 Å². The molecule has 1 aromatic heterocycles. The Morgan fingerprint density at radius 1 is 1.21 bits per heavy atom. The SMILES string of the molecule is CC(F)(F)c1cccc(COCc2ccc(C(=O)NCC3CCOCC3)nc2)c1. The Morgan fingerprint density at radius 2 is 1.97 bits per heavy atom. The van der Waals surface area contributed by atoms with Crippen molar-refractivity contribution in [2.45, 2.75) is 38.9 Å². The summed E-state index contributed by atoms with van der Waals surface area (Å²) >= 11 is 0. The Balaban J connectivity index is 1.45.